The highest BCUT2D eigenvalue weighted by molar-refractivity contribution is 5.92. The number of β-amino-alcohol motifs (C(OH)–C–C–N with tert-alkyl or cyclic N) is 1. The van der Waals surface area contributed by atoms with Gasteiger partial charge in [-0.2, -0.15) is 0 Å². The Hall–Kier alpha value is -4.70. The van der Waals surface area contributed by atoms with Gasteiger partial charge in [-0.15, -0.1) is 0 Å². The number of ether oxygens (including phenoxy) is 2. The maximum atomic E-state index is 12.7. The zero-order chi connectivity index (χ0) is 29.4. The first-order valence-corrected chi connectivity index (χ1v) is 14.4. The molecule has 0 radical (unpaired) electrons. The number of carbonyl (C=O) groups excluding carboxylic acids is 1. The molecule has 1 aromatic heterocycles. The van der Waals surface area contributed by atoms with Crippen LogP contribution in [0.5, 0.6) is 17.2 Å². The lowest BCUT2D eigenvalue weighted by atomic mass is 10.2. The molecule has 9 nitrogen and oxygen atoms in total. The number of aliphatic hydroxyl groups is 1. The van der Waals surface area contributed by atoms with Crippen LogP contribution in [0.2, 0.25) is 0 Å². The average molecular weight is 579 g/mol. The Morgan fingerprint density at radius 1 is 0.837 bits per heavy atom. The van der Waals surface area contributed by atoms with Crippen LogP contribution in [0.3, 0.4) is 0 Å². The molecule has 43 heavy (non-hydrogen) atoms. The normalized spacial score (nSPS) is 14.8. The van der Waals surface area contributed by atoms with Crippen molar-refractivity contribution >= 4 is 22.7 Å². The van der Waals surface area contributed by atoms with E-state index in [1.807, 2.05) is 103 Å². The molecule has 0 spiro atoms. The third kappa shape index (κ3) is 7.78. The molecule has 1 fully saturated rings. The summed E-state index contributed by atoms with van der Waals surface area (Å²) >= 11 is 0. The van der Waals surface area contributed by atoms with Gasteiger partial charge in [0.1, 0.15) is 35.5 Å². The maximum Gasteiger partial charge on any atom is 0.238 e. The van der Waals surface area contributed by atoms with Crippen LogP contribution < -0.4 is 14.8 Å². The number of nitrogens with zero attached hydrogens (tertiary/aromatic N) is 3. The van der Waals surface area contributed by atoms with Gasteiger partial charge >= 0.3 is 0 Å². The summed E-state index contributed by atoms with van der Waals surface area (Å²) in [7, 11) is 0. The molecule has 0 aliphatic carbocycles. The van der Waals surface area contributed by atoms with Gasteiger partial charge in [-0.3, -0.25) is 14.6 Å². The molecule has 1 aliphatic rings. The van der Waals surface area contributed by atoms with Crippen molar-refractivity contribution in [2.24, 2.45) is 0 Å². The number of rotatable bonds is 11. The molecule has 9 heteroatoms. The molecule has 0 bridgehead atoms. The third-order valence-corrected chi connectivity index (χ3v) is 7.22. The van der Waals surface area contributed by atoms with Crippen LogP contribution in [0.4, 0.5) is 5.69 Å². The number of anilines is 1. The van der Waals surface area contributed by atoms with E-state index in [0.29, 0.717) is 47.3 Å². The SMILES string of the molecule is O=C(CN1CCN(C[C@H](O)COc2ccc3oc(-c4ccccc4)nc3c2)CC1)Nc1cccc(Oc2ccccc2)c1. The number of piperazine rings is 1. The van der Waals surface area contributed by atoms with Crippen molar-refractivity contribution in [3.05, 3.63) is 103 Å². The monoisotopic (exact) mass is 578 g/mol. The zero-order valence-corrected chi connectivity index (χ0v) is 23.8. The predicted molar refractivity (Wildman–Crippen MR) is 165 cm³/mol. The molecule has 5 aromatic rings. The minimum absolute atomic E-state index is 0.0706. The van der Waals surface area contributed by atoms with E-state index in [0.717, 1.165) is 37.5 Å². The molecule has 1 aliphatic heterocycles. The lowest BCUT2D eigenvalue weighted by Crippen LogP contribution is -2.50. The maximum absolute atomic E-state index is 12.7. The Balaban J connectivity index is 0.920. The van der Waals surface area contributed by atoms with Crippen molar-refractivity contribution in [1.29, 1.82) is 0 Å². The van der Waals surface area contributed by atoms with Crippen molar-refractivity contribution < 1.29 is 23.8 Å². The Morgan fingerprint density at radius 3 is 2.35 bits per heavy atom. The van der Waals surface area contributed by atoms with Gasteiger partial charge in [0.25, 0.3) is 0 Å². The largest absolute Gasteiger partial charge is 0.491 e. The Kier molecular flexibility index (Phi) is 8.93. The minimum atomic E-state index is -0.645. The summed E-state index contributed by atoms with van der Waals surface area (Å²) in [4.78, 5) is 21.6. The molecular weight excluding hydrogens is 544 g/mol. The van der Waals surface area contributed by atoms with Gasteiger partial charge in [0.2, 0.25) is 11.8 Å². The number of carbonyl (C=O) groups is 1. The molecule has 220 valence electrons. The molecule has 1 amide bonds. The van der Waals surface area contributed by atoms with Gasteiger partial charge in [0.15, 0.2) is 5.58 Å². The van der Waals surface area contributed by atoms with E-state index in [9.17, 15) is 9.90 Å². The highest BCUT2D eigenvalue weighted by Gasteiger charge is 2.21. The molecular formula is C34H34N4O5. The second-order valence-electron chi connectivity index (χ2n) is 10.5. The van der Waals surface area contributed by atoms with Crippen LogP contribution in [0.1, 0.15) is 0 Å². The molecule has 6 rings (SSSR count). The number of benzene rings is 4. The summed E-state index contributed by atoms with van der Waals surface area (Å²) in [5.74, 6) is 2.53. The highest BCUT2D eigenvalue weighted by atomic mass is 16.5. The third-order valence-electron chi connectivity index (χ3n) is 7.22. The Bertz CT molecular complexity index is 1640. The number of aliphatic hydroxyl groups excluding tert-OH is 1. The molecule has 2 N–H and O–H groups in total. The molecule has 1 atom stereocenters. The van der Waals surface area contributed by atoms with Crippen LogP contribution in [0, 0.1) is 0 Å². The topological polar surface area (TPSA) is 100 Å². The second kappa shape index (κ2) is 13.5. The Morgan fingerprint density at radius 2 is 1.56 bits per heavy atom. The first kappa shape index (κ1) is 28.4. The molecule has 0 saturated carbocycles. The van der Waals surface area contributed by atoms with Gasteiger partial charge in [0, 0.05) is 56.1 Å². The fraction of sp³-hybridized carbons (Fsp3) is 0.235. The Labute approximate surface area is 250 Å². The van der Waals surface area contributed by atoms with Gasteiger partial charge < -0.3 is 24.3 Å². The standard InChI is InChI=1S/C34H34N4O5/c39-27(24-41-29-14-15-32-31(21-29)36-34(43-32)25-8-3-1-4-9-25)22-37-16-18-38(19-17-37)23-33(40)35-26-10-7-13-30(20-26)42-28-11-5-2-6-12-28/h1-15,20-21,27,39H,16-19,22-24H2,(H,35,40)/t27-/m0/s1. The first-order valence-electron chi connectivity index (χ1n) is 14.4. The van der Waals surface area contributed by atoms with Crippen LogP contribution >= 0.6 is 0 Å². The number of para-hydroxylation sites is 1. The molecule has 2 heterocycles. The number of hydrogen-bond acceptors (Lipinski definition) is 8. The number of hydrogen-bond donors (Lipinski definition) is 2. The smallest absolute Gasteiger partial charge is 0.238 e. The number of nitrogens with one attached hydrogen (secondary N) is 1. The number of fused-ring (bicyclic) bond motifs is 1. The summed E-state index contributed by atoms with van der Waals surface area (Å²) in [5.41, 5.74) is 3.00. The van der Waals surface area contributed by atoms with Gasteiger partial charge in [-0.1, -0.05) is 42.5 Å². The summed E-state index contributed by atoms with van der Waals surface area (Å²) in [6, 6.07) is 32.2. The summed E-state index contributed by atoms with van der Waals surface area (Å²) < 4.78 is 17.6. The van der Waals surface area contributed by atoms with E-state index in [1.54, 1.807) is 0 Å². The average Bonchev–Trinajstić information content (AvgIpc) is 3.46. The van der Waals surface area contributed by atoms with Crippen molar-refractivity contribution in [1.82, 2.24) is 14.8 Å². The van der Waals surface area contributed by atoms with Crippen LogP contribution in [0.25, 0.3) is 22.6 Å². The zero-order valence-electron chi connectivity index (χ0n) is 23.8. The van der Waals surface area contributed by atoms with Crippen LogP contribution in [0.15, 0.2) is 108 Å². The van der Waals surface area contributed by atoms with Gasteiger partial charge in [-0.25, -0.2) is 4.98 Å². The van der Waals surface area contributed by atoms with Crippen molar-refractivity contribution in [3.8, 4) is 28.7 Å². The van der Waals surface area contributed by atoms with Crippen molar-refractivity contribution in [2.75, 3.05) is 51.2 Å². The number of oxazole rings is 1. The van der Waals surface area contributed by atoms with Crippen molar-refractivity contribution in [2.45, 2.75) is 6.10 Å². The predicted octanol–water partition coefficient (Wildman–Crippen LogP) is 5.28. The molecule has 4 aromatic carbocycles. The van der Waals surface area contributed by atoms with Crippen LogP contribution in [-0.4, -0.2) is 77.8 Å². The van der Waals surface area contributed by atoms with Crippen molar-refractivity contribution in [3.63, 3.8) is 0 Å². The van der Waals surface area contributed by atoms with E-state index in [4.69, 9.17) is 13.9 Å². The molecule has 0 unspecified atom stereocenters. The number of amides is 1. The minimum Gasteiger partial charge on any atom is -0.491 e. The summed E-state index contributed by atoms with van der Waals surface area (Å²) in [6.45, 7) is 3.98. The van der Waals surface area contributed by atoms with E-state index in [1.165, 1.54) is 0 Å². The lowest BCUT2D eigenvalue weighted by Gasteiger charge is -2.35. The van der Waals surface area contributed by atoms with Gasteiger partial charge in [0.05, 0.1) is 6.54 Å². The fourth-order valence-electron chi connectivity index (χ4n) is 5.04. The van der Waals surface area contributed by atoms with E-state index in [2.05, 4.69) is 20.1 Å². The fourth-order valence-corrected chi connectivity index (χ4v) is 5.04. The quantitative estimate of drug-likeness (QED) is 0.218. The first-order chi connectivity index (χ1) is 21.1. The highest BCUT2D eigenvalue weighted by Crippen LogP contribution is 2.27. The summed E-state index contributed by atoms with van der Waals surface area (Å²) in [6.07, 6.45) is -0.645. The van der Waals surface area contributed by atoms with Gasteiger partial charge in [-0.05, 0) is 48.5 Å². The van der Waals surface area contributed by atoms with Crippen LogP contribution in [-0.2, 0) is 4.79 Å². The second-order valence-corrected chi connectivity index (χ2v) is 10.5. The van der Waals surface area contributed by atoms with E-state index < -0.39 is 6.10 Å². The summed E-state index contributed by atoms with van der Waals surface area (Å²) in [5, 5.41) is 13.6. The van der Waals surface area contributed by atoms with E-state index >= 15 is 0 Å². The van der Waals surface area contributed by atoms with E-state index in [-0.39, 0.29) is 12.5 Å². The lowest BCUT2D eigenvalue weighted by molar-refractivity contribution is -0.117. The molecule has 1 saturated heterocycles. The number of aromatic nitrogens is 1.